The number of hydrogen-bond donors (Lipinski definition) is 1. The largest absolute Gasteiger partial charge is 0.351 e. The summed E-state index contributed by atoms with van der Waals surface area (Å²) in [6, 6.07) is 4.16. The summed E-state index contributed by atoms with van der Waals surface area (Å²) >= 11 is 6.26. The van der Waals surface area contributed by atoms with Crippen LogP contribution in [-0.2, 0) is 0 Å². The van der Waals surface area contributed by atoms with Crippen molar-refractivity contribution in [3.8, 4) is 11.4 Å². The number of nitrogens with one attached hydrogen (secondary N) is 1. The molecular formula is C15H15ClN6. The summed E-state index contributed by atoms with van der Waals surface area (Å²) in [7, 11) is 0. The van der Waals surface area contributed by atoms with Crippen molar-refractivity contribution in [1.29, 1.82) is 0 Å². The van der Waals surface area contributed by atoms with E-state index in [-0.39, 0.29) is 0 Å². The Labute approximate surface area is 132 Å². The van der Waals surface area contributed by atoms with E-state index in [9.17, 15) is 0 Å². The fourth-order valence-electron chi connectivity index (χ4n) is 2.81. The van der Waals surface area contributed by atoms with Gasteiger partial charge in [0.2, 0.25) is 5.95 Å². The average Bonchev–Trinajstić information content (AvgIpc) is 3.19. The molecule has 3 heterocycles. The molecule has 0 spiro atoms. The van der Waals surface area contributed by atoms with Crippen LogP contribution in [0.1, 0.15) is 25.7 Å². The van der Waals surface area contributed by atoms with E-state index < -0.39 is 0 Å². The van der Waals surface area contributed by atoms with Gasteiger partial charge in [-0.05, 0) is 18.9 Å². The number of hydrogen-bond acceptors (Lipinski definition) is 5. The summed E-state index contributed by atoms with van der Waals surface area (Å²) in [5, 5.41) is 8.02. The van der Waals surface area contributed by atoms with Gasteiger partial charge in [-0.2, -0.15) is 5.10 Å². The molecule has 3 aromatic heterocycles. The number of anilines is 1. The molecule has 0 aliphatic heterocycles. The van der Waals surface area contributed by atoms with Gasteiger partial charge in [0.05, 0.1) is 23.1 Å². The number of aromatic nitrogens is 5. The van der Waals surface area contributed by atoms with Crippen LogP contribution in [0.5, 0.6) is 0 Å². The molecule has 112 valence electrons. The number of rotatable bonds is 3. The summed E-state index contributed by atoms with van der Waals surface area (Å²) in [4.78, 5) is 13.4. The van der Waals surface area contributed by atoms with E-state index in [1.54, 1.807) is 16.9 Å². The molecule has 22 heavy (non-hydrogen) atoms. The maximum atomic E-state index is 6.26. The Bertz CT molecular complexity index is 809. The highest BCUT2D eigenvalue weighted by Crippen LogP contribution is 2.26. The predicted molar refractivity (Wildman–Crippen MR) is 84.9 cm³/mol. The zero-order valence-corrected chi connectivity index (χ0v) is 12.7. The first kappa shape index (κ1) is 13.5. The summed E-state index contributed by atoms with van der Waals surface area (Å²) in [5.74, 6) is 0.612. The first-order valence-corrected chi connectivity index (χ1v) is 7.77. The molecule has 0 aromatic carbocycles. The average molecular weight is 315 g/mol. The van der Waals surface area contributed by atoms with Gasteiger partial charge in [0.1, 0.15) is 5.69 Å². The molecule has 1 saturated carbocycles. The molecule has 3 aromatic rings. The molecule has 0 atom stereocenters. The van der Waals surface area contributed by atoms with Crippen molar-refractivity contribution in [3.63, 3.8) is 0 Å². The van der Waals surface area contributed by atoms with E-state index in [1.807, 2.05) is 18.3 Å². The molecule has 1 aliphatic rings. The Morgan fingerprint density at radius 2 is 2.05 bits per heavy atom. The molecule has 0 saturated heterocycles. The van der Waals surface area contributed by atoms with Gasteiger partial charge in [0.15, 0.2) is 5.65 Å². The van der Waals surface area contributed by atoms with Crippen LogP contribution in [0.4, 0.5) is 5.95 Å². The van der Waals surface area contributed by atoms with E-state index in [0.717, 1.165) is 11.3 Å². The molecule has 1 aliphatic carbocycles. The number of fused-ring (bicyclic) bond motifs is 1. The SMILES string of the molecule is Clc1cnc(NC2CCCC2)nc1-c1ccn2nccc2n1. The first-order chi connectivity index (χ1) is 10.8. The molecule has 1 fully saturated rings. The maximum absolute atomic E-state index is 6.26. The van der Waals surface area contributed by atoms with Gasteiger partial charge >= 0.3 is 0 Å². The Kier molecular flexibility index (Phi) is 3.38. The van der Waals surface area contributed by atoms with Crippen LogP contribution < -0.4 is 5.32 Å². The van der Waals surface area contributed by atoms with Gasteiger partial charge in [0, 0.05) is 18.3 Å². The smallest absolute Gasteiger partial charge is 0.223 e. The minimum atomic E-state index is 0.458. The highest BCUT2D eigenvalue weighted by Gasteiger charge is 2.17. The van der Waals surface area contributed by atoms with Crippen molar-refractivity contribution in [2.75, 3.05) is 5.32 Å². The van der Waals surface area contributed by atoms with E-state index in [2.05, 4.69) is 25.4 Å². The van der Waals surface area contributed by atoms with Gasteiger partial charge < -0.3 is 5.32 Å². The normalized spacial score (nSPS) is 15.5. The van der Waals surface area contributed by atoms with E-state index in [4.69, 9.17) is 11.6 Å². The fourth-order valence-corrected chi connectivity index (χ4v) is 3.00. The van der Waals surface area contributed by atoms with Crippen molar-refractivity contribution in [3.05, 3.63) is 35.7 Å². The predicted octanol–water partition coefficient (Wildman–Crippen LogP) is 3.19. The summed E-state index contributed by atoms with van der Waals surface area (Å²) < 4.78 is 1.70. The van der Waals surface area contributed by atoms with E-state index in [1.165, 1.54) is 25.7 Å². The Morgan fingerprint density at radius 3 is 2.91 bits per heavy atom. The van der Waals surface area contributed by atoms with Crippen LogP contribution >= 0.6 is 11.6 Å². The third-order valence-corrected chi connectivity index (χ3v) is 4.21. The zero-order chi connectivity index (χ0) is 14.9. The number of nitrogens with zero attached hydrogens (tertiary/aromatic N) is 5. The third kappa shape index (κ3) is 2.50. The first-order valence-electron chi connectivity index (χ1n) is 7.39. The van der Waals surface area contributed by atoms with Crippen LogP contribution in [0.15, 0.2) is 30.7 Å². The van der Waals surface area contributed by atoms with Gasteiger partial charge in [0.25, 0.3) is 0 Å². The second kappa shape index (κ2) is 5.53. The Morgan fingerprint density at radius 1 is 1.18 bits per heavy atom. The monoisotopic (exact) mass is 314 g/mol. The molecule has 6 nitrogen and oxygen atoms in total. The van der Waals surface area contributed by atoms with Crippen molar-refractivity contribution in [2.24, 2.45) is 0 Å². The molecule has 1 N–H and O–H groups in total. The molecule has 0 unspecified atom stereocenters. The lowest BCUT2D eigenvalue weighted by molar-refractivity contribution is 0.744. The quantitative estimate of drug-likeness (QED) is 0.804. The molecule has 0 amide bonds. The second-order valence-corrected chi connectivity index (χ2v) is 5.87. The lowest BCUT2D eigenvalue weighted by atomic mass is 10.2. The molecule has 7 heteroatoms. The highest BCUT2D eigenvalue weighted by molar-refractivity contribution is 6.32. The van der Waals surface area contributed by atoms with Crippen LogP contribution in [0.2, 0.25) is 5.02 Å². The zero-order valence-electron chi connectivity index (χ0n) is 11.9. The fraction of sp³-hybridized carbons (Fsp3) is 0.333. The molecule has 0 bridgehead atoms. The van der Waals surface area contributed by atoms with Gasteiger partial charge in [-0.25, -0.2) is 19.5 Å². The van der Waals surface area contributed by atoms with Crippen LogP contribution in [0.3, 0.4) is 0 Å². The summed E-state index contributed by atoms with van der Waals surface area (Å²) in [5.41, 5.74) is 2.12. The van der Waals surface area contributed by atoms with E-state index >= 15 is 0 Å². The van der Waals surface area contributed by atoms with Crippen LogP contribution in [0, 0.1) is 0 Å². The van der Waals surface area contributed by atoms with Gasteiger partial charge in [-0.15, -0.1) is 0 Å². The standard InChI is InChI=1S/C15H15ClN6/c16-11-9-17-15(19-10-3-1-2-4-10)21-14(11)12-6-8-22-13(20-12)5-7-18-22/h5-10H,1-4H2,(H,17,19,21). The second-order valence-electron chi connectivity index (χ2n) is 5.46. The lowest BCUT2D eigenvalue weighted by Gasteiger charge is -2.12. The number of halogens is 1. The molecule has 4 rings (SSSR count). The van der Waals surface area contributed by atoms with Gasteiger partial charge in [-0.3, -0.25) is 0 Å². The van der Waals surface area contributed by atoms with E-state index in [0.29, 0.717) is 22.7 Å². The van der Waals surface area contributed by atoms with Crippen molar-refractivity contribution >= 4 is 23.2 Å². The van der Waals surface area contributed by atoms with Crippen molar-refractivity contribution in [2.45, 2.75) is 31.7 Å². The topological polar surface area (TPSA) is 68.0 Å². The third-order valence-electron chi connectivity index (χ3n) is 3.93. The summed E-state index contributed by atoms with van der Waals surface area (Å²) in [6.45, 7) is 0. The highest BCUT2D eigenvalue weighted by atomic mass is 35.5. The lowest BCUT2D eigenvalue weighted by Crippen LogP contribution is -2.16. The van der Waals surface area contributed by atoms with Crippen molar-refractivity contribution in [1.82, 2.24) is 24.6 Å². The Balaban J connectivity index is 1.69. The summed E-state index contributed by atoms with van der Waals surface area (Å²) in [6.07, 6.45) is 10.0. The Hall–Kier alpha value is -2.21. The minimum Gasteiger partial charge on any atom is -0.351 e. The van der Waals surface area contributed by atoms with Crippen molar-refractivity contribution < 1.29 is 0 Å². The van der Waals surface area contributed by atoms with Crippen LogP contribution in [-0.4, -0.2) is 30.6 Å². The van der Waals surface area contributed by atoms with Gasteiger partial charge in [-0.1, -0.05) is 24.4 Å². The van der Waals surface area contributed by atoms with Crippen LogP contribution in [0.25, 0.3) is 17.0 Å². The molecule has 0 radical (unpaired) electrons. The maximum Gasteiger partial charge on any atom is 0.223 e. The minimum absolute atomic E-state index is 0.458. The molecular weight excluding hydrogens is 300 g/mol.